The third-order valence-corrected chi connectivity index (χ3v) is 6.84. The summed E-state index contributed by atoms with van der Waals surface area (Å²) in [7, 11) is -3.45. The molecule has 1 unspecified atom stereocenters. The van der Waals surface area contributed by atoms with Gasteiger partial charge in [-0.2, -0.15) is 4.31 Å². The fourth-order valence-corrected chi connectivity index (χ4v) is 5.14. The molecule has 0 amide bonds. The molecule has 7 nitrogen and oxygen atoms in total. The second-order valence-corrected chi connectivity index (χ2v) is 10.2. The summed E-state index contributed by atoms with van der Waals surface area (Å²) < 4.78 is 33.8. The molecular weight excluding hydrogens is 468 g/mol. The van der Waals surface area contributed by atoms with Gasteiger partial charge in [0.25, 0.3) is 0 Å². The number of fused-ring (bicyclic) bond motifs is 1. The van der Waals surface area contributed by atoms with Crippen molar-refractivity contribution in [2.45, 2.75) is 19.1 Å². The Morgan fingerprint density at radius 3 is 2.73 bits per heavy atom. The first-order chi connectivity index (χ1) is 14.4. The zero-order valence-electron chi connectivity index (χ0n) is 16.5. The predicted octanol–water partition coefficient (Wildman–Crippen LogP) is 3.40. The fourth-order valence-electron chi connectivity index (χ4n) is 3.69. The number of hydrogen-bond acceptors (Lipinski definition) is 5. The average Bonchev–Trinajstić information content (AvgIpc) is 3.16. The number of rotatable bonds is 6. The summed E-state index contributed by atoms with van der Waals surface area (Å²) in [5, 5.41) is 0. The van der Waals surface area contributed by atoms with E-state index in [0.717, 1.165) is 21.4 Å². The number of aromatic nitrogens is 2. The van der Waals surface area contributed by atoms with E-state index in [1.54, 1.807) is 6.33 Å². The molecule has 0 fully saturated rings. The van der Waals surface area contributed by atoms with E-state index in [1.807, 2.05) is 54.7 Å². The normalized spacial score (nSPS) is 17.4. The lowest BCUT2D eigenvalue weighted by Gasteiger charge is -2.31. The molecule has 0 radical (unpaired) electrons. The number of aromatic amines is 1. The molecule has 1 N–H and O–H groups in total. The molecule has 2 aromatic carbocycles. The summed E-state index contributed by atoms with van der Waals surface area (Å²) in [6.07, 6.45) is 4.76. The van der Waals surface area contributed by atoms with Crippen LogP contribution in [0.5, 0.6) is 5.75 Å². The first-order valence-electron chi connectivity index (χ1n) is 9.56. The topological polar surface area (TPSA) is 78.5 Å². The Labute approximate surface area is 184 Å². The highest BCUT2D eigenvalue weighted by Gasteiger charge is 2.34. The maximum atomic E-state index is 12.7. The molecule has 0 bridgehead atoms. The van der Waals surface area contributed by atoms with Crippen molar-refractivity contribution in [3.8, 4) is 5.75 Å². The van der Waals surface area contributed by atoms with E-state index >= 15 is 0 Å². The Balaban J connectivity index is 1.68. The molecule has 0 aliphatic carbocycles. The van der Waals surface area contributed by atoms with Crippen LogP contribution in [0.1, 0.15) is 11.3 Å². The van der Waals surface area contributed by atoms with E-state index in [1.165, 1.54) is 10.6 Å². The van der Waals surface area contributed by atoms with Crippen LogP contribution in [0, 0.1) is 0 Å². The quantitative estimate of drug-likeness (QED) is 0.572. The summed E-state index contributed by atoms with van der Waals surface area (Å²) in [5.41, 5.74) is 2.82. The van der Waals surface area contributed by atoms with Gasteiger partial charge in [-0.15, -0.1) is 0 Å². The van der Waals surface area contributed by atoms with Gasteiger partial charge in [0.1, 0.15) is 12.4 Å². The van der Waals surface area contributed by atoms with Crippen molar-refractivity contribution in [3.05, 3.63) is 76.8 Å². The Hall–Kier alpha value is -2.36. The largest absolute Gasteiger partial charge is 0.492 e. The summed E-state index contributed by atoms with van der Waals surface area (Å²) in [4.78, 5) is 9.50. The lowest BCUT2D eigenvalue weighted by atomic mass is 10.1. The number of imidazole rings is 1. The number of nitrogens with one attached hydrogen (secondary N) is 1. The Morgan fingerprint density at radius 2 is 2.03 bits per heavy atom. The number of H-pyrrole nitrogens is 1. The number of anilines is 1. The van der Waals surface area contributed by atoms with Crippen LogP contribution in [-0.4, -0.2) is 48.1 Å². The smallest absolute Gasteiger partial charge is 0.211 e. The molecule has 158 valence electrons. The zero-order valence-corrected chi connectivity index (χ0v) is 18.9. The minimum Gasteiger partial charge on any atom is -0.492 e. The van der Waals surface area contributed by atoms with Crippen LogP contribution in [-0.2, 0) is 23.1 Å². The van der Waals surface area contributed by atoms with Crippen LogP contribution >= 0.6 is 15.9 Å². The lowest BCUT2D eigenvalue weighted by molar-refractivity contribution is 0.205. The molecule has 1 aliphatic heterocycles. The highest BCUT2D eigenvalue weighted by atomic mass is 79.9. The Bertz CT molecular complexity index is 1090. The number of hydrogen-bond donors (Lipinski definition) is 1. The number of para-hydroxylation sites is 1. The van der Waals surface area contributed by atoms with Gasteiger partial charge in [0.2, 0.25) is 10.0 Å². The maximum absolute atomic E-state index is 12.7. The standard InChI is InChI=1S/C21H23BrN4O3S/c1-30(27,28)26-11-16-9-17(22)7-8-21(16)25(12-18-10-23-15-24-18)13-19(26)14-29-20-5-3-2-4-6-20/h2-10,15,19H,11-14H2,1H3,(H,23,24). The minimum absolute atomic E-state index is 0.253. The van der Waals surface area contributed by atoms with E-state index in [0.29, 0.717) is 18.8 Å². The van der Waals surface area contributed by atoms with Gasteiger partial charge in [-0.1, -0.05) is 34.1 Å². The van der Waals surface area contributed by atoms with E-state index < -0.39 is 10.0 Å². The third-order valence-electron chi connectivity index (χ3n) is 5.07. The molecule has 0 saturated heterocycles. The van der Waals surface area contributed by atoms with Gasteiger partial charge in [-0.05, 0) is 35.9 Å². The second-order valence-electron chi connectivity index (χ2n) is 7.30. The van der Waals surface area contributed by atoms with Gasteiger partial charge in [-0.25, -0.2) is 13.4 Å². The van der Waals surface area contributed by atoms with E-state index in [-0.39, 0.29) is 19.2 Å². The van der Waals surface area contributed by atoms with E-state index in [4.69, 9.17) is 4.74 Å². The summed E-state index contributed by atoms with van der Waals surface area (Å²) in [6, 6.07) is 15.1. The van der Waals surface area contributed by atoms with Crippen molar-refractivity contribution in [2.24, 2.45) is 0 Å². The van der Waals surface area contributed by atoms with Crippen LogP contribution in [0.25, 0.3) is 0 Å². The van der Waals surface area contributed by atoms with E-state index in [9.17, 15) is 8.42 Å². The number of ether oxygens (including phenoxy) is 1. The van der Waals surface area contributed by atoms with Crippen LogP contribution in [0.4, 0.5) is 5.69 Å². The monoisotopic (exact) mass is 490 g/mol. The SMILES string of the molecule is CS(=O)(=O)N1Cc2cc(Br)ccc2N(Cc2c[nH]cn2)CC1COc1ccccc1. The molecular formula is C21H23BrN4O3S. The van der Waals surface area contributed by atoms with Gasteiger partial charge >= 0.3 is 0 Å². The molecule has 0 saturated carbocycles. The maximum Gasteiger partial charge on any atom is 0.211 e. The second kappa shape index (κ2) is 8.79. The van der Waals surface area contributed by atoms with Crippen molar-refractivity contribution in [2.75, 3.05) is 24.3 Å². The van der Waals surface area contributed by atoms with Gasteiger partial charge in [0, 0.05) is 29.4 Å². The fraction of sp³-hybridized carbons (Fsp3) is 0.286. The number of sulfonamides is 1. The molecule has 30 heavy (non-hydrogen) atoms. The predicted molar refractivity (Wildman–Crippen MR) is 120 cm³/mol. The Kier molecular flexibility index (Phi) is 6.12. The molecule has 4 rings (SSSR count). The number of halogens is 1. The van der Waals surface area contributed by atoms with Crippen LogP contribution in [0.2, 0.25) is 0 Å². The first kappa shape index (κ1) is 20.9. The lowest BCUT2D eigenvalue weighted by Crippen LogP contribution is -2.47. The van der Waals surface area contributed by atoms with Crippen LogP contribution in [0.3, 0.4) is 0 Å². The first-order valence-corrected chi connectivity index (χ1v) is 12.2. The van der Waals surface area contributed by atoms with E-state index in [2.05, 4.69) is 30.8 Å². The van der Waals surface area contributed by atoms with Gasteiger partial charge in [-0.3, -0.25) is 0 Å². The zero-order chi connectivity index (χ0) is 21.1. The number of nitrogens with zero attached hydrogens (tertiary/aromatic N) is 3. The average molecular weight is 491 g/mol. The molecule has 1 atom stereocenters. The minimum atomic E-state index is -3.45. The summed E-state index contributed by atoms with van der Waals surface area (Å²) in [6.45, 7) is 1.59. The van der Waals surface area contributed by atoms with Gasteiger partial charge in [0.15, 0.2) is 0 Å². The summed E-state index contributed by atoms with van der Waals surface area (Å²) in [5.74, 6) is 0.717. The van der Waals surface area contributed by atoms with Gasteiger partial charge < -0.3 is 14.6 Å². The highest BCUT2D eigenvalue weighted by Crippen LogP contribution is 2.32. The van der Waals surface area contributed by atoms with Crippen molar-refractivity contribution in [1.82, 2.24) is 14.3 Å². The molecule has 0 spiro atoms. The molecule has 1 aromatic heterocycles. The van der Waals surface area contributed by atoms with Crippen molar-refractivity contribution in [1.29, 1.82) is 0 Å². The summed E-state index contributed by atoms with van der Waals surface area (Å²) >= 11 is 3.51. The molecule has 3 aromatic rings. The van der Waals surface area contributed by atoms with Crippen molar-refractivity contribution < 1.29 is 13.2 Å². The third kappa shape index (κ3) is 4.85. The highest BCUT2D eigenvalue weighted by molar-refractivity contribution is 9.10. The van der Waals surface area contributed by atoms with Crippen LogP contribution in [0.15, 0.2) is 65.5 Å². The van der Waals surface area contributed by atoms with Crippen molar-refractivity contribution >= 4 is 31.6 Å². The molecule has 1 aliphatic rings. The van der Waals surface area contributed by atoms with Crippen LogP contribution < -0.4 is 9.64 Å². The molecule has 2 heterocycles. The number of benzene rings is 2. The molecule has 9 heteroatoms. The van der Waals surface area contributed by atoms with Crippen molar-refractivity contribution in [3.63, 3.8) is 0 Å². The Morgan fingerprint density at radius 1 is 1.23 bits per heavy atom. The van der Waals surface area contributed by atoms with Gasteiger partial charge in [0.05, 0.1) is 30.9 Å².